The Bertz CT molecular complexity index is 530. The lowest BCUT2D eigenvalue weighted by Gasteiger charge is -2.18. The summed E-state index contributed by atoms with van der Waals surface area (Å²) in [6.45, 7) is 5.61. The molecule has 7 heteroatoms. The molecule has 1 aromatic rings. The van der Waals surface area contributed by atoms with Gasteiger partial charge in [-0.25, -0.2) is 4.79 Å². The Hall–Kier alpha value is -1.89. The molecular weight excluding hydrogens is 248 g/mol. The van der Waals surface area contributed by atoms with E-state index in [1.807, 2.05) is 0 Å². The highest BCUT2D eigenvalue weighted by Crippen LogP contribution is 2.03. The van der Waals surface area contributed by atoms with Crippen LogP contribution in [0.25, 0.3) is 0 Å². The van der Waals surface area contributed by atoms with Gasteiger partial charge in [-0.15, -0.1) is 0 Å². The molecule has 1 heterocycles. The molecule has 106 valence electrons. The number of nitrogens with two attached hydrogens (primary N) is 1. The van der Waals surface area contributed by atoms with Crippen LogP contribution in [0.5, 0.6) is 0 Å². The highest BCUT2D eigenvalue weighted by Gasteiger charge is 2.17. The standard InChI is InChI=1S/C12H20N4O3/c1-8-9(2)15(12(19)14-8)6-4-11(18)16(7-5-13)10(3)17/h4-7,13H2,1-3H3,(H,14,19). The summed E-state index contributed by atoms with van der Waals surface area (Å²) in [5.41, 5.74) is 6.70. The van der Waals surface area contributed by atoms with Crippen molar-refractivity contribution < 1.29 is 9.59 Å². The number of nitrogens with one attached hydrogen (secondary N) is 1. The average molecular weight is 268 g/mol. The van der Waals surface area contributed by atoms with Gasteiger partial charge in [-0.05, 0) is 13.8 Å². The first-order valence-corrected chi connectivity index (χ1v) is 6.15. The van der Waals surface area contributed by atoms with Crippen LogP contribution in [0, 0.1) is 13.8 Å². The molecule has 0 aliphatic carbocycles. The summed E-state index contributed by atoms with van der Waals surface area (Å²) >= 11 is 0. The molecule has 0 radical (unpaired) electrons. The van der Waals surface area contributed by atoms with E-state index in [0.717, 1.165) is 16.3 Å². The Morgan fingerprint density at radius 1 is 1.37 bits per heavy atom. The number of nitrogens with zero attached hydrogens (tertiary/aromatic N) is 2. The molecule has 0 fully saturated rings. The van der Waals surface area contributed by atoms with Crippen LogP contribution in [-0.2, 0) is 16.1 Å². The van der Waals surface area contributed by atoms with E-state index in [1.54, 1.807) is 13.8 Å². The normalized spacial score (nSPS) is 10.5. The van der Waals surface area contributed by atoms with Gasteiger partial charge in [-0.1, -0.05) is 0 Å². The quantitative estimate of drug-likeness (QED) is 0.752. The second kappa shape index (κ2) is 6.33. The van der Waals surface area contributed by atoms with Crippen molar-refractivity contribution in [2.75, 3.05) is 13.1 Å². The summed E-state index contributed by atoms with van der Waals surface area (Å²) < 4.78 is 1.49. The van der Waals surface area contributed by atoms with Crippen molar-refractivity contribution in [2.24, 2.45) is 5.73 Å². The molecule has 2 amide bonds. The smallest absolute Gasteiger partial charge is 0.325 e. The van der Waals surface area contributed by atoms with Crippen molar-refractivity contribution in [3.8, 4) is 0 Å². The van der Waals surface area contributed by atoms with Crippen LogP contribution < -0.4 is 11.4 Å². The lowest BCUT2D eigenvalue weighted by molar-refractivity contribution is -0.143. The van der Waals surface area contributed by atoms with Gasteiger partial charge < -0.3 is 10.7 Å². The van der Waals surface area contributed by atoms with E-state index in [1.165, 1.54) is 11.5 Å². The third-order valence-electron chi connectivity index (χ3n) is 3.07. The summed E-state index contributed by atoms with van der Waals surface area (Å²) in [7, 11) is 0. The Labute approximate surface area is 111 Å². The van der Waals surface area contributed by atoms with Crippen LogP contribution in [-0.4, -0.2) is 39.4 Å². The lowest BCUT2D eigenvalue weighted by atomic mass is 10.3. The monoisotopic (exact) mass is 268 g/mol. The van der Waals surface area contributed by atoms with Crippen LogP contribution in [0.4, 0.5) is 0 Å². The van der Waals surface area contributed by atoms with E-state index >= 15 is 0 Å². The number of hydrogen-bond acceptors (Lipinski definition) is 4. The van der Waals surface area contributed by atoms with Crippen LogP contribution in [0.1, 0.15) is 24.7 Å². The molecule has 1 rings (SSSR count). The molecule has 0 saturated carbocycles. The van der Waals surface area contributed by atoms with Crippen molar-refractivity contribution in [3.63, 3.8) is 0 Å². The number of amides is 2. The van der Waals surface area contributed by atoms with Gasteiger partial charge in [0.2, 0.25) is 11.8 Å². The fraction of sp³-hybridized carbons (Fsp3) is 0.583. The number of imidazole rings is 1. The predicted molar refractivity (Wildman–Crippen MR) is 70.6 cm³/mol. The maximum atomic E-state index is 11.9. The van der Waals surface area contributed by atoms with E-state index in [2.05, 4.69) is 4.98 Å². The maximum Gasteiger partial charge on any atom is 0.325 e. The zero-order valence-electron chi connectivity index (χ0n) is 11.5. The highest BCUT2D eigenvalue weighted by atomic mass is 16.2. The number of H-pyrrole nitrogens is 1. The molecule has 0 bridgehead atoms. The molecule has 1 aromatic heterocycles. The summed E-state index contributed by atoms with van der Waals surface area (Å²) in [6.07, 6.45) is 0.0949. The molecule has 0 aliphatic heterocycles. The molecule has 0 aromatic carbocycles. The first kappa shape index (κ1) is 15.2. The third kappa shape index (κ3) is 3.54. The van der Waals surface area contributed by atoms with Crippen LogP contribution in [0.2, 0.25) is 0 Å². The third-order valence-corrected chi connectivity index (χ3v) is 3.07. The minimum atomic E-state index is -0.329. The Kier molecular flexibility index (Phi) is 5.05. The van der Waals surface area contributed by atoms with Crippen LogP contribution in [0.3, 0.4) is 0 Å². The minimum Gasteiger partial charge on any atom is -0.329 e. The van der Waals surface area contributed by atoms with E-state index in [9.17, 15) is 14.4 Å². The van der Waals surface area contributed by atoms with Gasteiger partial charge in [0.1, 0.15) is 0 Å². The second-order valence-electron chi connectivity index (χ2n) is 4.40. The maximum absolute atomic E-state index is 11.9. The number of aryl methyl sites for hydroxylation is 1. The zero-order chi connectivity index (χ0) is 14.6. The fourth-order valence-corrected chi connectivity index (χ4v) is 1.87. The second-order valence-corrected chi connectivity index (χ2v) is 4.40. The van der Waals surface area contributed by atoms with Gasteiger partial charge in [0, 0.05) is 44.4 Å². The number of aromatic amines is 1. The number of imide groups is 1. The predicted octanol–water partition coefficient (Wildman–Crippen LogP) is -0.483. The largest absolute Gasteiger partial charge is 0.329 e. The van der Waals surface area contributed by atoms with E-state index in [4.69, 9.17) is 5.73 Å². The number of hydrogen-bond donors (Lipinski definition) is 2. The van der Waals surface area contributed by atoms with Crippen molar-refractivity contribution in [1.82, 2.24) is 14.5 Å². The van der Waals surface area contributed by atoms with Gasteiger partial charge in [0.15, 0.2) is 0 Å². The molecule has 0 saturated heterocycles. The van der Waals surface area contributed by atoms with Crippen molar-refractivity contribution in [2.45, 2.75) is 33.7 Å². The number of carbonyl (C=O) groups excluding carboxylic acids is 2. The van der Waals surface area contributed by atoms with Gasteiger partial charge in [0.25, 0.3) is 0 Å². The topological polar surface area (TPSA) is 101 Å². The van der Waals surface area contributed by atoms with Crippen molar-refractivity contribution >= 4 is 11.8 Å². The average Bonchev–Trinajstić information content (AvgIpc) is 2.57. The van der Waals surface area contributed by atoms with Gasteiger partial charge in [0.05, 0.1) is 0 Å². The fourth-order valence-electron chi connectivity index (χ4n) is 1.87. The summed E-state index contributed by atoms with van der Waals surface area (Å²) in [5, 5.41) is 0. The summed E-state index contributed by atoms with van der Waals surface area (Å²) in [6, 6.07) is 0. The number of rotatable bonds is 5. The molecular formula is C12H20N4O3. The highest BCUT2D eigenvalue weighted by molar-refractivity contribution is 5.94. The Morgan fingerprint density at radius 2 is 2.00 bits per heavy atom. The zero-order valence-corrected chi connectivity index (χ0v) is 11.5. The van der Waals surface area contributed by atoms with E-state index < -0.39 is 0 Å². The molecule has 19 heavy (non-hydrogen) atoms. The van der Waals surface area contributed by atoms with Gasteiger partial charge >= 0.3 is 5.69 Å². The molecule has 0 unspecified atom stereocenters. The molecule has 0 aliphatic rings. The molecule has 7 nitrogen and oxygen atoms in total. The first-order chi connectivity index (χ1) is 8.88. The van der Waals surface area contributed by atoms with E-state index in [-0.39, 0.29) is 43.6 Å². The Balaban J connectivity index is 2.73. The van der Waals surface area contributed by atoms with Gasteiger partial charge in [-0.3, -0.25) is 19.1 Å². The van der Waals surface area contributed by atoms with Crippen molar-refractivity contribution in [3.05, 3.63) is 21.9 Å². The minimum absolute atomic E-state index is 0.0949. The summed E-state index contributed by atoms with van der Waals surface area (Å²) in [4.78, 5) is 38.6. The lowest BCUT2D eigenvalue weighted by Crippen LogP contribution is -2.39. The van der Waals surface area contributed by atoms with Gasteiger partial charge in [-0.2, -0.15) is 0 Å². The SMILES string of the molecule is CC(=O)N(CCN)C(=O)CCn1c(C)c(C)[nH]c1=O. The molecule has 0 atom stereocenters. The number of carbonyl (C=O) groups is 2. The molecule has 3 N–H and O–H groups in total. The number of aromatic nitrogens is 2. The summed E-state index contributed by atoms with van der Waals surface area (Å²) in [5.74, 6) is -0.645. The molecule has 0 spiro atoms. The van der Waals surface area contributed by atoms with Crippen LogP contribution >= 0.6 is 0 Å². The first-order valence-electron chi connectivity index (χ1n) is 6.15. The van der Waals surface area contributed by atoms with E-state index in [0.29, 0.717) is 0 Å². The van der Waals surface area contributed by atoms with Crippen molar-refractivity contribution in [1.29, 1.82) is 0 Å². The van der Waals surface area contributed by atoms with Crippen LogP contribution in [0.15, 0.2) is 4.79 Å². The Morgan fingerprint density at radius 3 is 2.42 bits per heavy atom.